The number of halogens is 2. The van der Waals surface area contributed by atoms with Gasteiger partial charge in [0.25, 0.3) is 0 Å². The molecule has 0 atom stereocenters. The van der Waals surface area contributed by atoms with E-state index in [1.807, 2.05) is 25.2 Å². The van der Waals surface area contributed by atoms with Crippen molar-refractivity contribution in [2.75, 3.05) is 11.9 Å². The molecule has 108 valence electrons. The zero-order chi connectivity index (χ0) is 14.8. The second kappa shape index (κ2) is 5.99. The minimum atomic E-state index is 0.741. The zero-order valence-electron chi connectivity index (χ0n) is 11.3. The van der Waals surface area contributed by atoms with E-state index >= 15 is 0 Å². The molecular weight excluding hydrogens is 354 g/mol. The molecule has 3 aromatic rings. The molecule has 0 aliphatic carbocycles. The molecule has 0 spiro atoms. The number of anilines is 1. The van der Waals surface area contributed by atoms with E-state index in [1.54, 1.807) is 17.2 Å². The van der Waals surface area contributed by atoms with Crippen molar-refractivity contribution < 1.29 is 0 Å². The predicted octanol–water partition coefficient (Wildman–Crippen LogP) is 3.43. The highest BCUT2D eigenvalue weighted by Gasteiger charge is 2.07. The van der Waals surface area contributed by atoms with Crippen molar-refractivity contribution in [3.8, 4) is 0 Å². The Kier molecular flexibility index (Phi) is 4.07. The molecule has 1 N–H and O–H groups in total. The fraction of sp³-hybridized carbons (Fsp3) is 0.214. The third-order valence-corrected chi connectivity index (χ3v) is 4.23. The summed E-state index contributed by atoms with van der Waals surface area (Å²) < 4.78 is 2.79. The summed E-state index contributed by atoms with van der Waals surface area (Å²) in [7, 11) is 1.86. The van der Waals surface area contributed by atoms with Gasteiger partial charge in [-0.2, -0.15) is 5.10 Å². The second-order valence-electron chi connectivity index (χ2n) is 4.64. The lowest BCUT2D eigenvalue weighted by atomic mass is 10.1. The smallest absolute Gasteiger partial charge is 0.163 e. The lowest BCUT2D eigenvalue weighted by Crippen LogP contribution is -2.07. The Morgan fingerprint density at radius 1 is 1.33 bits per heavy atom. The van der Waals surface area contributed by atoms with Gasteiger partial charge in [0, 0.05) is 23.1 Å². The Bertz CT molecular complexity index is 786. The van der Waals surface area contributed by atoms with Gasteiger partial charge in [-0.1, -0.05) is 27.5 Å². The lowest BCUT2D eigenvalue weighted by Gasteiger charge is -2.08. The van der Waals surface area contributed by atoms with Crippen LogP contribution in [0.2, 0.25) is 5.02 Å². The molecule has 5 nitrogen and oxygen atoms in total. The van der Waals surface area contributed by atoms with Crippen molar-refractivity contribution in [1.29, 1.82) is 0 Å². The molecule has 0 aliphatic heterocycles. The summed E-state index contributed by atoms with van der Waals surface area (Å²) in [6, 6.07) is 5.79. The summed E-state index contributed by atoms with van der Waals surface area (Å²) in [6.07, 6.45) is 4.15. The molecular formula is C14H13BrClN5. The van der Waals surface area contributed by atoms with Crippen LogP contribution in [-0.2, 0) is 13.5 Å². The standard InChI is InChI=1S/C14H13BrClN5/c1-21-14-11(7-20-21)13(18-8-19-14)17-5-4-9-6-10(16)2-3-12(9)15/h2-3,6-8H,4-5H2,1H3,(H,17,18,19). The number of hydrogen-bond donors (Lipinski definition) is 1. The van der Waals surface area contributed by atoms with E-state index in [-0.39, 0.29) is 0 Å². The summed E-state index contributed by atoms with van der Waals surface area (Å²) in [4.78, 5) is 8.50. The first-order valence-corrected chi connectivity index (χ1v) is 7.63. The van der Waals surface area contributed by atoms with Crippen LogP contribution in [0.25, 0.3) is 11.0 Å². The summed E-state index contributed by atoms with van der Waals surface area (Å²) in [5.41, 5.74) is 1.97. The molecule has 1 aromatic carbocycles. The average molecular weight is 367 g/mol. The monoisotopic (exact) mass is 365 g/mol. The third kappa shape index (κ3) is 3.01. The van der Waals surface area contributed by atoms with Crippen LogP contribution < -0.4 is 5.32 Å². The number of rotatable bonds is 4. The van der Waals surface area contributed by atoms with E-state index in [0.717, 1.165) is 44.9 Å². The minimum absolute atomic E-state index is 0.741. The topological polar surface area (TPSA) is 55.6 Å². The fourth-order valence-corrected chi connectivity index (χ4v) is 2.79. The number of aryl methyl sites for hydroxylation is 1. The molecule has 0 bridgehead atoms. The molecule has 0 aliphatic rings. The van der Waals surface area contributed by atoms with Gasteiger partial charge >= 0.3 is 0 Å². The molecule has 0 unspecified atom stereocenters. The highest BCUT2D eigenvalue weighted by atomic mass is 79.9. The first-order valence-electron chi connectivity index (χ1n) is 6.45. The van der Waals surface area contributed by atoms with E-state index in [1.165, 1.54) is 0 Å². The van der Waals surface area contributed by atoms with Crippen molar-refractivity contribution in [3.05, 3.63) is 45.8 Å². The minimum Gasteiger partial charge on any atom is -0.369 e. The van der Waals surface area contributed by atoms with Gasteiger partial charge < -0.3 is 5.32 Å². The van der Waals surface area contributed by atoms with Crippen molar-refractivity contribution in [1.82, 2.24) is 19.7 Å². The number of aromatic nitrogens is 4. The maximum Gasteiger partial charge on any atom is 0.163 e. The van der Waals surface area contributed by atoms with E-state index in [2.05, 4.69) is 36.3 Å². The summed E-state index contributed by atoms with van der Waals surface area (Å²) in [5, 5.41) is 9.19. The summed E-state index contributed by atoms with van der Waals surface area (Å²) >= 11 is 9.56. The first-order chi connectivity index (χ1) is 10.1. The Labute approximate surface area is 135 Å². The Hall–Kier alpha value is -1.66. The van der Waals surface area contributed by atoms with E-state index in [4.69, 9.17) is 11.6 Å². The molecule has 0 saturated heterocycles. The van der Waals surface area contributed by atoms with Gasteiger partial charge in [-0.15, -0.1) is 0 Å². The summed E-state index contributed by atoms with van der Waals surface area (Å²) in [5.74, 6) is 0.797. The Morgan fingerprint density at radius 2 is 2.19 bits per heavy atom. The highest BCUT2D eigenvalue weighted by molar-refractivity contribution is 9.10. The molecule has 0 radical (unpaired) electrons. The van der Waals surface area contributed by atoms with Crippen molar-refractivity contribution in [2.24, 2.45) is 7.05 Å². The number of fused-ring (bicyclic) bond motifs is 1. The van der Waals surface area contributed by atoms with E-state index < -0.39 is 0 Å². The van der Waals surface area contributed by atoms with Gasteiger partial charge in [-0.3, -0.25) is 4.68 Å². The van der Waals surface area contributed by atoms with E-state index in [0.29, 0.717) is 0 Å². The largest absolute Gasteiger partial charge is 0.369 e. The SMILES string of the molecule is Cn1ncc2c(NCCc3cc(Cl)ccc3Br)ncnc21. The maximum absolute atomic E-state index is 6.02. The van der Waals surface area contributed by atoms with E-state index in [9.17, 15) is 0 Å². The van der Waals surface area contributed by atoms with Gasteiger partial charge in [-0.25, -0.2) is 9.97 Å². The van der Waals surface area contributed by atoms with Crippen LogP contribution in [0.5, 0.6) is 0 Å². The Balaban J connectivity index is 1.74. The molecule has 2 heterocycles. The lowest BCUT2D eigenvalue weighted by molar-refractivity contribution is 0.785. The predicted molar refractivity (Wildman–Crippen MR) is 87.6 cm³/mol. The van der Waals surface area contributed by atoms with Crippen LogP contribution in [0.3, 0.4) is 0 Å². The first kappa shape index (κ1) is 14.3. The molecule has 0 amide bonds. The quantitative estimate of drug-likeness (QED) is 0.768. The van der Waals surface area contributed by atoms with Crippen LogP contribution in [0.4, 0.5) is 5.82 Å². The molecule has 21 heavy (non-hydrogen) atoms. The normalized spacial score (nSPS) is 11.0. The van der Waals surface area contributed by atoms with Gasteiger partial charge in [0.2, 0.25) is 0 Å². The number of hydrogen-bond acceptors (Lipinski definition) is 4. The van der Waals surface area contributed by atoms with Crippen molar-refractivity contribution >= 4 is 44.4 Å². The molecule has 0 saturated carbocycles. The highest BCUT2D eigenvalue weighted by Crippen LogP contribution is 2.22. The van der Waals surface area contributed by atoms with Gasteiger partial charge in [-0.05, 0) is 30.2 Å². The zero-order valence-corrected chi connectivity index (χ0v) is 13.7. The number of benzene rings is 1. The van der Waals surface area contributed by atoms with Crippen LogP contribution in [0.15, 0.2) is 35.2 Å². The summed E-state index contributed by atoms with van der Waals surface area (Å²) in [6.45, 7) is 0.750. The van der Waals surface area contributed by atoms with Gasteiger partial charge in [0.15, 0.2) is 5.65 Å². The van der Waals surface area contributed by atoms with Crippen molar-refractivity contribution in [3.63, 3.8) is 0 Å². The van der Waals surface area contributed by atoms with Crippen molar-refractivity contribution in [2.45, 2.75) is 6.42 Å². The van der Waals surface area contributed by atoms with Gasteiger partial charge in [0.1, 0.15) is 12.1 Å². The molecule has 0 fully saturated rings. The van der Waals surface area contributed by atoms with Gasteiger partial charge in [0.05, 0.1) is 11.6 Å². The fourth-order valence-electron chi connectivity index (χ4n) is 2.15. The molecule has 3 rings (SSSR count). The molecule has 7 heteroatoms. The van der Waals surface area contributed by atoms with Crippen LogP contribution in [-0.4, -0.2) is 26.3 Å². The number of nitrogens with zero attached hydrogens (tertiary/aromatic N) is 4. The maximum atomic E-state index is 6.02. The average Bonchev–Trinajstić information content (AvgIpc) is 2.85. The van der Waals surface area contributed by atoms with Crippen LogP contribution in [0, 0.1) is 0 Å². The molecule has 2 aromatic heterocycles. The Morgan fingerprint density at radius 3 is 3.05 bits per heavy atom. The van der Waals surface area contributed by atoms with Crippen LogP contribution in [0.1, 0.15) is 5.56 Å². The third-order valence-electron chi connectivity index (χ3n) is 3.22. The number of nitrogens with one attached hydrogen (secondary N) is 1. The second-order valence-corrected chi connectivity index (χ2v) is 5.93. The van der Waals surface area contributed by atoms with Crippen LogP contribution >= 0.6 is 27.5 Å².